The van der Waals surface area contributed by atoms with Gasteiger partial charge in [-0.3, -0.25) is 14.9 Å². The number of hydrogen-bond acceptors (Lipinski definition) is 4. The van der Waals surface area contributed by atoms with Gasteiger partial charge in [0.2, 0.25) is 0 Å². The van der Waals surface area contributed by atoms with Crippen LogP contribution in [0.5, 0.6) is 0 Å². The van der Waals surface area contributed by atoms with Crippen molar-refractivity contribution in [3.05, 3.63) is 63.2 Å². The third kappa shape index (κ3) is 4.75. The van der Waals surface area contributed by atoms with E-state index < -0.39 is 4.92 Å². The van der Waals surface area contributed by atoms with Crippen molar-refractivity contribution in [1.29, 1.82) is 0 Å². The number of quaternary nitrogens is 1. The highest BCUT2D eigenvalue weighted by atomic mass is 35.5. The first-order valence-electron chi connectivity index (χ1n) is 8.82. The highest BCUT2D eigenvalue weighted by Crippen LogP contribution is 2.26. The van der Waals surface area contributed by atoms with Crippen molar-refractivity contribution in [3.63, 3.8) is 0 Å². The summed E-state index contributed by atoms with van der Waals surface area (Å²) in [5.74, 6) is -0.148. The Labute approximate surface area is 162 Å². The van der Waals surface area contributed by atoms with Crippen LogP contribution in [0, 0.1) is 17.0 Å². The molecule has 1 saturated heterocycles. The number of non-ortho nitro benzene ring substituents is 1. The van der Waals surface area contributed by atoms with Crippen LogP contribution in [-0.2, 0) is 4.79 Å². The molecule has 0 aromatic heterocycles. The quantitative estimate of drug-likeness (QED) is 0.604. The van der Waals surface area contributed by atoms with Gasteiger partial charge in [-0.15, -0.1) is 0 Å². The third-order valence-electron chi connectivity index (χ3n) is 4.77. The predicted molar refractivity (Wildman–Crippen MR) is 106 cm³/mol. The SMILES string of the molecule is Cc1ccccc1N1CC[NH+](CC(=O)Nc2ccc([N+](=O)[O-])cc2Cl)CC1. The number of halogens is 1. The Morgan fingerprint density at radius 3 is 2.59 bits per heavy atom. The molecule has 2 aromatic carbocycles. The first-order chi connectivity index (χ1) is 12.9. The van der Waals surface area contributed by atoms with E-state index in [0.717, 1.165) is 26.2 Å². The van der Waals surface area contributed by atoms with E-state index in [-0.39, 0.29) is 16.6 Å². The molecule has 0 saturated carbocycles. The normalized spacial score (nSPS) is 14.8. The molecule has 0 unspecified atom stereocenters. The van der Waals surface area contributed by atoms with E-state index in [1.807, 2.05) is 12.1 Å². The van der Waals surface area contributed by atoms with Crippen LogP contribution in [-0.4, -0.2) is 43.6 Å². The van der Waals surface area contributed by atoms with E-state index in [4.69, 9.17) is 11.6 Å². The summed E-state index contributed by atoms with van der Waals surface area (Å²) in [6.45, 7) is 5.98. The molecule has 3 rings (SSSR count). The molecule has 0 atom stereocenters. The van der Waals surface area contributed by atoms with Gasteiger partial charge in [-0.2, -0.15) is 0 Å². The van der Waals surface area contributed by atoms with Gasteiger partial charge in [0.25, 0.3) is 11.6 Å². The second-order valence-electron chi connectivity index (χ2n) is 6.67. The molecular weight excluding hydrogens is 368 g/mol. The van der Waals surface area contributed by atoms with Crippen LogP contribution in [0.1, 0.15) is 5.56 Å². The summed E-state index contributed by atoms with van der Waals surface area (Å²) < 4.78 is 0. The number of carbonyl (C=O) groups is 1. The van der Waals surface area contributed by atoms with E-state index in [1.54, 1.807) is 0 Å². The van der Waals surface area contributed by atoms with E-state index in [9.17, 15) is 14.9 Å². The van der Waals surface area contributed by atoms with Gasteiger partial charge in [0, 0.05) is 17.8 Å². The highest BCUT2D eigenvalue weighted by Gasteiger charge is 2.23. The van der Waals surface area contributed by atoms with Crippen LogP contribution >= 0.6 is 11.6 Å². The molecule has 1 fully saturated rings. The fourth-order valence-corrected chi connectivity index (χ4v) is 3.52. The van der Waals surface area contributed by atoms with Gasteiger partial charge in [-0.05, 0) is 24.6 Å². The summed E-state index contributed by atoms with van der Waals surface area (Å²) in [6, 6.07) is 12.3. The van der Waals surface area contributed by atoms with Crippen molar-refractivity contribution < 1.29 is 14.6 Å². The molecule has 0 aliphatic carbocycles. The topological polar surface area (TPSA) is 79.9 Å². The molecule has 7 nitrogen and oxygen atoms in total. The summed E-state index contributed by atoms with van der Waals surface area (Å²) in [5, 5.41) is 13.7. The van der Waals surface area contributed by atoms with E-state index in [0.29, 0.717) is 12.2 Å². The van der Waals surface area contributed by atoms with Gasteiger partial charge in [-0.1, -0.05) is 29.8 Å². The van der Waals surface area contributed by atoms with Gasteiger partial charge in [0.05, 0.1) is 41.8 Å². The number of carbonyl (C=O) groups excluding carboxylic acids is 1. The Kier molecular flexibility index (Phi) is 5.93. The number of nitro groups is 1. The predicted octanol–water partition coefficient (Wildman–Crippen LogP) is 1.90. The van der Waals surface area contributed by atoms with Crippen LogP contribution in [0.2, 0.25) is 5.02 Å². The molecule has 1 aliphatic rings. The number of benzene rings is 2. The Morgan fingerprint density at radius 1 is 1.26 bits per heavy atom. The van der Waals surface area contributed by atoms with Crippen molar-refractivity contribution in [2.75, 3.05) is 42.9 Å². The smallest absolute Gasteiger partial charge is 0.279 e. The van der Waals surface area contributed by atoms with Crippen LogP contribution in [0.25, 0.3) is 0 Å². The van der Waals surface area contributed by atoms with Gasteiger partial charge in [0.15, 0.2) is 6.54 Å². The molecule has 1 heterocycles. The summed E-state index contributed by atoms with van der Waals surface area (Å²) in [5.41, 5.74) is 2.80. The standard InChI is InChI=1S/C19H21ClN4O3/c1-14-4-2-3-5-18(14)23-10-8-22(9-11-23)13-19(25)21-17-7-6-15(24(26)27)12-16(17)20/h2-7,12H,8-11,13H2,1H3,(H,21,25)/p+1. The molecule has 1 amide bonds. The maximum atomic E-state index is 12.3. The average Bonchev–Trinajstić information content (AvgIpc) is 2.64. The summed E-state index contributed by atoms with van der Waals surface area (Å²) >= 11 is 6.03. The Morgan fingerprint density at radius 2 is 1.96 bits per heavy atom. The minimum Gasteiger partial charge on any atom is -0.360 e. The molecule has 0 radical (unpaired) electrons. The van der Waals surface area contributed by atoms with Gasteiger partial charge < -0.3 is 15.1 Å². The van der Waals surface area contributed by atoms with Crippen molar-refractivity contribution in [3.8, 4) is 0 Å². The fraction of sp³-hybridized carbons (Fsp3) is 0.316. The number of nitrogens with one attached hydrogen (secondary N) is 2. The molecule has 0 spiro atoms. The number of nitro benzene ring substituents is 1. The van der Waals surface area contributed by atoms with E-state index in [2.05, 4.69) is 29.3 Å². The lowest BCUT2D eigenvalue weighted by atomic mass is 10.1. The first-order valence-corrected chi connectivity index (χ1v) is 9.20. The minimum absolute atomic E-state index is 0.101. The highest BCUT2D eigenvalue weighted by molar-refractivity contribution is 6.33. The lowest BCUT2D eigenvalue weighted by Gasteiger charge is -2.34. The maximum absolute atomic E-state index is 12.3. The molecule has 1 aliphatic heterocycles. The molecule has 0 bridgehead atoms. The van der Waals surface area contributed by atoms with Crippen LogP contribution in [0.4, 0.5) is 17.1 Å². The zero-order valence-electron chi connectivity index (χ0n) is 15.1. The summed E-state index contributed by atoms with van der Waals surface area (Å²) in [4.78, 5) is 26.1. The van der Waals surface area contributed by atoms with Crippen molar-refractivity contribution in [2.45, 2.75) is 6.92 Å². The number of nitrogens with zero attached hydrogens (tertiary/aromatic N) is 2. The Balaban J connectivity index is 1.53. The second kappa shape index (κ2) is 8.37. The minimum atomic E-state index is -0.518. The molecule has 8 heteroatoms. The molecule has 142 valence electrons. The number of para-hydroxylation sites is 1. The number of aryl methyl sites for hydroxylation is 1. The molecular formula is C19H22ClN4O3+. The van der Waals surface area contributed by atoms with Gasteiger partial charge >= 0.3 is 0 Å². The number of anilines is 2. The van der Waals surface area contributed by atoms with E-state index in [1.165, 1.54) is 34.3 Å². The van der Waals surface area contributed by atoms with Crippen LogP contribution in [0.15, 0.2) is 42.5 Å². The fourth-order valence-electron chi connectivity index (χ4n) is 3.30. The van der Waals surface area contributed by atoms with Crippen molar-refractivity contribution in [2.24, 2.45) is 0 Å². The van der Waals surface area contributed by atoms with Crippen molar-refractivity contribution >= 4 is 34.6 Å². The van der Waals surface area contributed by atoms with Gasteiger partial charge in [0.1, 0.15) is 0 Å². The monoisotopic (exact) mass is 389 g/mol. The second-order valence-corrected chi connectivity index (χ2v) is 7.08. The molecule has 27 heavy (non-hydrogen) atoms. The first kappa shape index (κ1) is 19.1. The zero-order valence-corrected chi connectivity index (χ0v) is 15.8. The van der Waals surface area contributed by atoms with Gasteiger partial charge in [-0.25, -0.2) is 0 Å². The number of hydrogen-bond donors (Lipinski definition) is 2. The number of rotatable bonds is 5. The summed E-state index contributed by atoms with van der Waals surface area (Å²) in [7, 11) is 0. The zero-order chi connectivity index (χ0) is 19.4. The Bertz CT molecular complexity index is 851. The number of amides is 1. The number of piperazine rings is 1. The average molecular weight is 390 g/mol. The lowest BCUT2D eigenvalue weighted by Crippen LogP contribution is -3.15. The third-order valence-corrected chi connectivity index (χ3v) is 5.09. The largest absolute Gasteiger partial charge is 0.360 e. The lowest BCUT2D eigenvalue weighted by molar-refractivity contribution is -0.892. The Hall–Kier alpha value is -2.64. The molecule has 2 aromatic rings. The molecule has 2 N–H and O–H groups in total. The maximum Gasteiger partial charge on any atom is 0.279 e. The van der Waals surface area contributed by atoms with Crippen LogP contribution in [0.3, 0.4) is 0 Å². The van der Waals surface area contributed by atoms with Crippen molar-refractivity contribution in [1.82, 2.24) is 0 Å². The van der Waals surface area contributed by atoms with E-state index >= 15 is 0 Å². The summed E-state index contributed by atoms with van der Waals surface area (Å²) in [6.07, 6.45) is 0. The van der Waals surface area contributed by atoms with Crippen LogP contribution < -0.4 is 15.1 Å².